The summed E-state index contributed by atoms with van der Waals surface area (Å²) in [7, 11) is -3.90. The van der Waals surface area contributed by atoms with Gasteiger partial charge in [0.05, 0.1) is 4.90 Å². The third-order valence-corrected chi connectivity index (χ3v) is 4.96. The molecule has 1 heterocycles. The van der Waals surface area contributed by atoms with Gasteiger partial charge in [-0.05, 0) is 42.3 Å². The lowest BCUT2D eigenvalue weighted by Crippen LogP contribution is -2.12. The lowest BCUT2D eigenvalue weighted by atomic mass is 10.1. The van der Waals surface area contributed by atoms with E-state index in [1.165, 1.54) is 28.8 Å². The summed E-state index contributed by atoms with van der Waals surface area (Å²) < 4.78 is 63.7. The first-order valence-electron chi connectivity index (χ1n) is 7.98. The van der Waals surface area contributed by atoms with Gasteiger partial charge < -0.3 is 0 Å². The molecule has 5 nitrogen and oxygen atoms in total. The third-order valence-electron chi connectivity index (χ3n) is 4.03. The number of rotatable bonds is 4. The molecular formula is C18H16F3N3O2S. The van der Waals surface area contributed by atoms with Crippen molar-refractivity contribution in [2.24, 2.45) is 5.14 Å². The molecule has 0 amide bonds. The Balaban J connectivity index is 2.17. The normalized spacial score (nSPS) is 12.3. The average molecular weight is 395 g/mol. The molecule has 3 rings (SSSR count). The number of alkyl halides is 3. The van der Waals surface area contributed by atoms with Gasteiger partial charge in [0.25, 0.3) is 0 Å². The molecule has 3 aromatic rings. The number of nitrogens with two attached hydrogens (primary N) is 1. The second kappa shape index (κ2) is 6.82. The van der Waals surface area contributed by atoms with Crippen LogP contribution >= 0.6 is 0 Å². The summed E-state index contributed by atoms with van der Waals surface area (Å²) >= 11 is 0. The van der Waals surface area contributed by atoms with Crippen LogP contribution in [0.25, 0.3) is 17.1 Å². The van der Waals surface area contributed by atoms with Crippen LogP contribution in [0.1, 0.15) is 18.2 Å². The Morgan fingerprint density at radius 1 is 1.11 bits per heavy atom. The minimum atomic E-state index is -4.61. The Bertz CT molecular complexity index is 1070. The van der Waals surface area contributed by atoms with Crippen molar-refractivity contribution in [3.63, 3.8) is 0 Å². The van der Waals surface area contributed by atoms with Crippen LogP contribution in [-0.2, 0) is 22.6 Å². The molecule has 27 heavy (non-hydrogen) atoms. The van der Waals surface area contributed by atoms with Gasteiger partial charge in [-0.2, -0.15) is 13.2 Å². The topological polar surface area (TPSA) is 78.0 Å². The van der Waals surface area contributed by atoms with E-state index >= 15 is 0 Å². The monoisotopic (exact) mass is 395 g/mol. The Labute approximate surface area is 154 Å². The largest absolute Gasteiger partial charge is 0.434 e. The molecule has 0 spiro atoms. The first-order valence-corrected chi connectivity index (χ1v) is 9.53. The minimum absolute atomic E-state index is 0.112. The van der Waals surface area contributed by atoms with E-state index in [4.69, 9.17) is 5.14 Å². The lowest BCUT2D eigenvalue weighted by Gasteiger charge is -2.09. The smallest absolute Gasteiger partial charge is 0.299 e. The van der Waals surface area contributed by atoms with Crippen molar-refractivity contribution < 1.29 is 21.6 Å². The molecule has 0 saturated carbocycles. The Morgan fingerprint density at radius 3 is 2.33 bits per heavy atom. The standard InChI is InChI=1S/C18H16F3N3O2S/c1-2-12-4-3-5-13(10-12)17-23-16(18(19,20)21)11-24(17)14-6-8-15(9-7-14)27(22,25)26/h3-11H,2H2,1H3,(H2,22,25,26). The van der Waals surface area contributed by atoms with Gasteiger partial charge in [0.1, 0.15) is 5.82 Å². The van der Waals surface area contributed by atoms with Gasteiger partial charge in [0, 0.05) is 17.4 Å². The van der Waals surface area contributed by atoms with Gasteiger partial charge in [-0.15, -0.1) is 0 Å². The van der Waals surface area contributed by atoms with E-state index in [2.05, 4.69) is 4.98 Å². The van der Waals surface area contributed by atoms with Gasteiger partial charge in [0.2, 0.25) is 10.0 Å². The molecule has 0 saturated heterocycles. The second-order valence-corrected chi connectivity index (χ2v) is 7.47. The quantitative estimate of drug-likeness (QED) is 0.731. The number of nitrogens with zero attached hydrogens (tertiary/aromatic N) is 2. The summed E-state index contributed by atoms with van der Waals surface area (Å²) in [4.78, 5) is 3.64. The zero-order valence-electron chi connectivity index (χ0n) is 14.2. The highest BCUT2D eigenvalue weighted by molar-refractivity contribution is 7.89. The summed E-state index contributed by atoms with van der Waals surface area (Å²) in [5, 5.41) is 5.06. The van der Waals surface area contributed by atoms with Crippen LogP contribution in [0.3, 0.4) is 0 Å². The molecule has 2 N–H and O–H groups in total. The summed E-state index contributed by atoms with van der Waals surface area (Å²) in [6, 6.07) is 12.3. The van der Waals surface area contributed by atoms with Crippen LogP contribution in [0.2, 0.25) is 0 Å². The van der Waals surface area contributed by atoms with Crippen LogP contribution in [-0.4, -0.2) is 18.0 Å². The van der Waals surface area contributed by atoms with E-state index in [1.807, 2.05) is 13.0 Å². The van der Waals surface area contributed by atoms with Crippen molar-refractivity contribution >= 4 is 10.0 Å². The predicted molar refractivity (Wildman–Crippen MR) is 94.8 cm³/mol. The molecule has 1 aromatic heterocycles. The molecule has 0 radical (unpaired) electrons. The van der Waals surface area contributed by atoms with Gasteiger partial charge in [-0.1, -0.05) is 25.1 Å². The minimum Gasteiger partial charge on any atom is -0.299 e. The van der Waals surface area contributed by atoms with Gasteiger partial charge in [-0.3, -0.25) is 4.57 Å². The zero-order chi connectivity index (χ0) is 19.8. The number of halogens is 3. The van der Waals surface area contributed by atoms with E-state index in [-0.39, 0.29) is 10.7 Å². The Kier molecular flexibility index (Phi) is 4.83. The van der Waals surface area contributed by atoms with Crippen LogP contribution < -0.4 is 5.14 Å². The number of imidazole rings is 1. The van der Waals surface area contributed by atoms with Crippen molar-refractivity contribution in [2.45, 2.75) is 24.4 Å². The number of hydrogen-bond acceptors (Lipinski definition) is 3. The summed E-state index contributed by atoms with van der Waals surface area (Å²) in [6.45, 7) is 1.94. The second-order valence-electron chi connectivity index (χ2n) is 5.91. The number of aromatic nitrogens is 2. The third kappa shape index (κ3) is 4.04. The van der Waals surface area contributed by atoms with E-state index in [1.54, 1.807) is 18.2 Å². The fraction of sp³-hybridized carbons (Fsp3) is 0.167. The highest BCUT2D eigenvalue weighted by atomic mass is 32.2. The van der Waals surface area contributed by atoms with E-state index in [9.17, 15) is 21.6 Å². The van der Waals surface area contributed by atoms with Crippen molar-refractivity contribution in [2.75, 3.05) is 0 Å². The van der Waals surface area contributed by atoms with Crippen LogP contribution in [0, 0.1) is 0 Å². The van der Waals surface area contributed by atoms with Crippen LogP contribution in [0.5, 0.6) is 0 Å². The molecule has 0 atom stereocenters. The van der Waals surface area contributed by atoms with Crippen molar-refractivity contribution in [1.82, 2.24) is 9.55 Å². The number of primary sulfonamides is 1. The number of sulfonamides is 1. The molecule has 0 bridgehead atoms. The maximum Gasteiger partial charge on any atom is 0.434 e. The van der Waals surface area contributed by atoms with Crippen LogP contribution in [0.4, 0.5) is 13.2 Å². The fourth-order valence-electron chi connectivity index (χ4n) is 2.64. The van der Waals surface area contributed by atoms with Crippen LogP contribution in [0.15, 0.2) is 59.6 Å². The molecular weight excluding hydrogens is 379 g/mol. The fourth-order valence-corrected chi connectivity index (χ4v) is 3.16. The molecule has 0 aliphatic rings. The van der Waals surface area contributed by atoms with Crippen molar-refractivity contribution in [3.8, 4) is 17.1 Å². The summed E-state index contributed by atoms with van der Waals surface area (Å²) in [5.41, 5.74) is 0.790. The molecule has 0 aliphatic carbocycles. The summed E-state index contributed by atoms with van der Waals surface area (Å²) in [5.74, 6) is 0.112. The molecule has 142 valence electrons. The SMILES string of the molecule is CCc1cccc(-c2nc(C(F)(F)F)cn2-c2ccc(S(N)(=O)=O)cc2)c1. The Hall–Kier alpha value is -2.65. The van der Waals surface area contributed by atoms with E-state index in [0.29, 0.717) is 11.3 Å². The maximum absolute atomic E-state index is 13.2. The van der Waals surface area contributed by atoms with Gasteiger partial charge in [0.15, 0.2) is 5.69 Å². The molecule has 0 unspecified atom stereocenters. The van der Waals surface area contributed by atoms with Crippen molar-refractivity contribution in [3.05, 3.63) is 66.0 Å². The first-order chi connectivity index (χ1) is 12.6. The number of benzene rings is 2. The summed E-state index contributed by atoms with van der Waals surface area (Å²) in [6.07, 6.45) is -2.99. The average Bonchev–Trinajstić information content (AvgIpc) is 3.07. The molecule has 9 heteroatoms. The van der Waals surface area contributed by atoms with Crippen molar-refractivity contribution in [1.29, 1.82) is 0 Å². The van der Waals surface area contributed by atoms with Gasteiger partial charge in [-0.25, -0.2) is 18.5 Å². The molecule has 0 aliphatic heterocycles. The Morgan fingerprint density at radius 2 is 1.78 bits per heavy atom. The van der Waals surface area contributed by atoms with Gasteiger partial charge >= 0.3 is 6.18 Å². The zero-order valence-corrected chi connectivity index (χ0v) is 15.1. The number of hydrogen-bond donors (Lipinski definition) is 1. The van der Waals surface area contributed by atoms with E-state index in [0.717, 1.165) is 18.2 Å². The highest BCUT2D eigenvalue weighted by Gasteiger charge is 2.35. The molecule has 2 aromatic carbocycles. The molecule has 0 fully saturated rings. The lowest BCUT2D eigenvalue weighted by molar-refractivity contribution is -0.140. The highest BCUT2D eigenvalue weighted by Crippen LogP contribution is 2.33. The van der Waals surface area contributed by atoms with E-state index < -0.39 is 21.9 Å². The first kappa shape index (κ1) is 19.1. The number of aryl methyl sites for hydroxylation is 1. The predicted octanol–water partition coefficient (Wildman–Crippen LogP) is 3.77. The maximum atomic E-state index is 13.2.